The first kappa shape index (κ1) is 19.5. The molecule has 144 valence electrons. The average molecular weight is 399 g/mol. The van der Waals surface area contributed by atoms with Crippen LogP contribution in [0.15, 0.2) is 71.3 Å². The maximum atomic E-state index is 12.5. The van der Waals surface area contributed by atoms with Gasteiger partial charge in [0, 0.05) is 0 Å². The lowest BCUT2D eigenvalue weighted by Crippen LogP contribution is -2.31. The van der Waals surface area contributed by atoms with Crippen LogP contribution in [0, 0.1) is 0 Å². The number of ether oxygens (including phenoxy) is 1. The Morgan fingerprint density at radius 2 is 1.82 bits per heavy atom. The molecule has 0 aliphatic carbocycles. The average Bonchev–Trinajstić information content (AvgIpc) is 3.22. The zero-order chi connectivity index (χ0) is 19.9. The number of carbonyl (C=O) groups is 2. The van der Waals surface area contributed by atoms with Crippen LogP contribution in [0.1, 0.15) is 23.0 Å². The van der Waals surface area contributed by atoms with E-state index in [-0.39, 0.29) is 12.5 Å². The Morgan fingerprint density at radius 3 is 2.57 bits per heavy atom. The Bertz CT molecular complexity index is 957. The minimum Gasteiger partial charge on any atom is -0.479 e. The summed E-state index contributed by atoms with van der Waals surface area (Å²) < 4.78 is 10.8. The molecule has 0 saturated carbocycles. The summed E-state index contributed by atoms with van der Waals surface area (Å²) in [5, 5.41) is 5.91. The first-order chi connectivity index (χ1) is 13.5. The number of para-hydroxylation sites is 2. The summed E-state index contributed by atoms with van der Waals surface area (Å²) in [6.07, 6.45) is 0.731. The minimum absolute atomic E-state index is 0.250. The topological polar surface area (TPSA) is 80.6 Å². The summed E-state index contributed by atoms with van der Waals surface area (Å²) in [6, 6.07) is 17.2. The third-order valence-corrected chi connectivity index (χ3v) is 4.25. The molecule has 0 saturated heterocycles. The second-order valence-corrected chi connectivity index (χ2v) is 6.39. The van der Waals surface area contributed by atoms with Gasteiger partial charge in [-0.05, 0) is 43.3 Å². The lowest BCUT2D eigenvalue weighted by atomic mass is 10.1. The summed E-state index contributed by atoms with van der Waals surface area (Å²) in [7, 11) is 0. The number of anilines is 1. The largest absolute Gasteiger partial charge is 0.479 e. The van der Waals surface area contributed by atoms with Crippen molar-refractivity contribution < 1.29 is 18.7 Å². The summed E-state index contributed by atoms with van der Waals surface area (Å²) in [5.74, 6) is 0.325. The summed E-state index contributed by atoms with van der Waals surface area (Å²) in [6.45, 7) is 1.86. The molecule has 0 fully saturated rings. The first-order valence-electron chi connectivity index (χ1n) is 8.66. The van der Waals surface area contributed by atoms with Gasteiger partial charge in [0.05, 0.1) is 29.1 Å². The second kappa shape index (κ2) is 9.10. The zero-order valence-corrected chi connectivity index (χ0v) is 15.9. The van der Waals surface area contributed by atoms with E-state index in [0.29, 0.717) is 27.8 Å². The van der Waals surface area contributed by atoms with Gasteiger partial charge >= 0.3 is 0 Å². The van der Waals surface area contributed by atoms with Crippen molar-refractivity contribution in [2.75, 3.05) is 5.32 Å². The highest BCUT2D eigenvalue weighted by Gasteiger charge is 2.19. The van der Waals surface area contributed by atoms with Gasteiger partial charge in [-0.3, -0.25) is 9.59 Å². The summed E-state index contributed by atoms with van der Waals surface area (Å²) in [5.41, 5.74) is 0.728. The third kappa shape index (κ3) is 4.92. The van der Waals surface area contributed by atoms with Gasteiger partial charge in [-0.1, -0.05) is 35.9 Å². The Hall–Kier alpha value is -3.25. The first-order valence-corrected chi connectivity index (χ1v) is 9.04. The monoisotopic (exact) mass is 398 g/mol. The van der Waals surface area contributed by atoms with Crippen molar-refractivity contribution in [3.63, 3.8) is 0 Å². The van der Waals surface area contributed by atoms with Gasteiger partial charge in [-0.2, -0.15) is 0 Å². The molecule has 1 aromatic heterocycles. The molecule has 0 radical (unpaired) electrons. The van der Waals surface area contributed by atoms with Crippen LogP contribution in [-0.4, -0.2) is 17.9 Å². The van der Waals surface area contributed by atoms with Crippen LogP contribution in [0.3, 0.4) is 0 Å². The predicted molar refractivity (Wildman–Crippen MR) is 106 cm³/mol. The number of halogens is 1. The molecule has 2 amide bonds. The van der Waals surface area contributed by atoms with Crippen LogP contribution in [-0.2, 0) is 11.3 Å². The van der Waals surface area contributed by atoms with Gasteiger partial charge in [0.2, 0.25) is 0 Å². The number of nitrogens with one attached hydrogen (secondary N) is 2. The number of hydrogen-bond acceptors (Lipinski definition) is 4. The molecule has 3 aromatic rings. The molecular weight excluding hydrogens is 380 g/mol. The molecule has 2 N–H and O–H groups in total. The molecule has 0 aliphatic rings. The molecule has 1 heterocycles. The highest BCUT2D eigenvalue weighted by molar-refractivity contribution is 6.32. The van der Waals surface area contributed by atoms with Crippen LogP contribution in [0.25, 0.3) is 0 Å². The summed E-state index contributed by atoms with van der Waals surface area (Å²) in [4.78, 5) is 25.0. The van der Waals surface area contributed by atoms with Gasteiger partial charge in [-0.15, -0.1) is 0 Å². The van der Waals surface area contributed by atoms with Crippen LogP contribution < -0.4 is 15.4 Å². The van der Waals surface area contributed by atoms with E-state index >= 15 is 0 Å². The van der Waals surface area contributed by atoms with Crippen molar-refractivity contribution in [1.82, 2.24) is 5.32 Å². The normalized spacial score (nSPS) is 11.5. The van der Waals surface area contributed by atoms with E-state index in [1.807, 2.05) is 0 Å². The predicted octanol–water partition coefficient (Wildman–Crippen LogP) is 4.27. The zero-order valence-electron chi connectivity index (χ0n) is 15.1. The van der Waals surface area contributed by atoms with E-state index in [0.717, 1.165) is 0 Å². The van der Waals surface area contributed by atoms with Gasteiger partial charge in [-0.25, -0.2) is 0 Å². The number of carbonyl (C=O) groups excluding carboxylic acids is 2. The van der Waals surface area contributed by atoms with Gasteiger partial charge in [0.1, 0.15) is 11.5 Å². The van der Waals surface area contributed by atoms with E-state index in [4.69, 9.17) is 20.8 Å². The van der Waals surface area contributed by atoms with Crippen LogP contribution in [0.4, 0.5) is 5.69 Å². The third-order valence-electron chi connectivity index (χ3n) is 3.94. The molecule has 0 bridgehead atoms. The number of benzene rings is 2. The Morgan fingerprint density at radius 1 is 1.07 bits per heavy atom. The SMILES string of the molecule is CC(Oc1ccccc1Cl)C(=O)Nc1ccccc1C(=O)NCc1ccco1. The molecule has 6 nitrogen and oxygen atoms in total. The van der Waals surface area contributed by atoms with E-state index in [2.05, 4.69) is 10.6 Å². The molecule has 0 aliphatic heterocycles. The second-order valence-electron chi connectivity index (χ2n) is 5.99. The molecule has 1 unspecified atom stereocenters. The van der Waals surface area contributed by atoms with Crippen LogP contribution >= 0.6 is 11.6 Å². The van der Waals surface area contributed by atoms with Crippen molar-refractivity contribution >= 4 is 29.1 Å². The number of amides is 2. The highest BCUT2D eigenvalue weighted by atomic mass is 35.5. The van der Waals surface area contributed by atoms with E-state index in [1.165, 1.54) is 6.26 Å². The van der Waals surface area contributed by atoms with Gasteiger partial charge < -0.3 is 19.8 Å². The molecule has 7 heteroatoms. The van der Waals surface area contributed by atoms with E-state index < -0.39 is 12.0 Å². The Kier molecular flexibility index (Phi) is 6.34. The van der Waals surface area contributed by atoms with Crippen molar-refractivity contribution in [1.29, 1.82) is 0 Å². The molecular formula is C21H19ClN2O4. The van der Waals surface area contributed by atoms with Crippen molar-refractivity contribution in [2.45, 2.75) is 19.6 Å². The van der Waals surface area contributed by atoms with Gasteiger partial charge in [0.25, 0.3) is 11.8 Å². The van der Waals surface area contributed by atoms with E-state index in [9.17, 15) is 9.59 Å². The number of rotatable bonds is 7. The summed E-state index contributed by atoms with van der Waals surface area (Å²) >= 11 is 6.06. The molecule has 3 rings (SSSR count). The fraction of sp³-hybridized carbons (Fsp3) is 0.143. The molecule has 28 heavy (non-hydrogen) atoms. The number of furan rings is 1. The van der Waals surface area contributed by atoms with Crippen molar-refractivity contribution in [2.24, 2.45) is 0 Å². The minimum atomic E-state index is -0.806. The lowest BCUT2D eigenvalue weighted by molar-refractivity contribution is -0.122. The van der Waals surface area contributed by atoms with Crippen LogP contribution in [0.2, 0.25) is 5.02 Å². The van der Waals surface area contributed by atoms with Crippen molar-refractivity contribution in [3.8, 4) is 5.75 Å². The quantitative estimate of drug-likeness (QED) is 0.622. The van der Waals surface area contributed by atoms with Crippen molar-refractivity contribution in [3.05, 3.63) is 83.3 Å². The smallest absolute Gasteiger partial charge is 0.265 e. The van der Waals surface area contributed by atoms with Crippen LogP contribution in [0.5, 0.6) is 5.75 Å². The number of hydrogen-bond donors (Lipinski definition) is 2. The van der Waals surface area contributed by atoms with E-state index in [1.54, 1.807) is 67.6 Å². The molecule has 2 aromatic carbocycles. The molecule has 0 spiro atoms. The fourth-order valence-corrected chi connectivity index (χ4v) is 2.66. The molecule has 1 atom stereocenters. The fourth-order valence-electron chi connectivity index (χ4n) is 2.48. The maximum Gasteiger partial charge on any atom is 0.265 e. The highest BCUT2D eigenvalue weighted by Crippen LogP contribution is 2.24. The lowest BCUT2D eigenvalue weighted by Gasteiger charge is -2.17. The maximum absolute atomic E-state index is 12.5. The van der Waals surface area contributed by atoms with Gasteiger partial charge in [0.15, 0.2) is 6.10 Å². The Balaban J connectivity index is 1.65. The standard InChI is InChI=1S/C21H19ClN2O4/c1-14(28-19-11-5-3-9-17(19)22)20(25)24-18-10-4-2-8-16(18)21(26)23-13-15-7-6-12-27-15/h2-12,14H,13H2,1H3,(H,23,26)(H,24,25). The Labute approximate surface area is 167 Å².